The largest absolute Gasteiger partial charge is 0.329 e. The Morgan fingerprint density at radius 1 is 1.24 bits per heavy atom. The number of nitrogens with zero attached hydrogens (tertiary/aromatic N) is 1. The fourth-order valence-corrected chi connectivity index (χ4v) is 4.52. The van der Waals surface area contributed by atoms with Gasteiger partial charge in [0.05, 0.1) is 4.47 Å². The molecule has 1 aliphatic carbocycles. The van der Waals surface area contributed by atoms with Crippen LogP contribution in [0.15, 0.2) is 22.7 Å². The first kappa shape index (κ1) is 15.4. The van der Waals surface area contributed by atoms with Crippen molar-refractivity contribution in [2.75, 3.05) is 19.6 Å². The van der Waals surface area contributed by atoms with Crippen LogP contribution in [0.2, 0.25) is 0 Å². The highest BCUT2D eigenvalue weighted by atomic mass is 79.9. The Kier molecular flexibility index (Phi) is 4.97. The SMILES string of the molecule is NCC(c1ccc(F)c(Br)c1)N1CCC2CCCCC2C1. The fourth-order valence-electron chi connectivity index (χ4n) is 4.13. The topological polar surface area (TPSA) is 29.3 Å². The number of benzene rings is 1. The number of piperidine rings is 1. The normalized spacial score (nSPS) is 28.1. The molecule has 1 heterocycles. The van der Waals surface area contributed by atoms with E-state index in [9.17, 15) is 4.39 Å². The first-order chi connectivity index (χ1) is 10.2. The molecule has 0 spiro atoms. The van der Waals surface area contributed by atoms with E-state index in [4.69, 9.17) is 5.73 Å². The Balaban J connectivity index is 1.75. The minimum absolute atomic E-state index is 0.208. The molecule has 1 saturated heterocycles. The average Bonchev–Trinajstić information content (AvgIpc) is 2.51. The molecule has 2 fully saturated rings. The van der Waals surface area contributed by atoms with Gasteiger partial charge in [-0.25, -0.2) is 4.39 Å². The lowest BCUT2D eigenvalue weighted by molar-refractivity contribution is 0.0586. The van der Waals surface area contributed by atoms with Crippen LogP contribution in [0.3, 0.4) is 0 Å². The summed E-state index contributed by atoms with van der Waals surface area (Å²) in [6.07, 6.45) is 6.86. The van der Waals surface area contributed by atoms with Gasteiger partial charge in [-0.3, -0.25) is 4.90 Å². The van der Waals surface area contributed by atoms with Crippen molar-refractivity contribution in [2.24, 2.45) is 17.6 Å². The molecule has 1 aliphatic heterocycles. The lowest BCUT2D eigenvalue weighted by Crippen LogP contribution is -2.45. The van der Waals surface area contributed by atoms with Crippen molar-refractivity contribution in [3.05, 3.63) is 34.1 Å². The molecule has 21 heavy (non-hydrogen) atoms. The summed E-state index contributed by atoms with van der Waals surface area (Å²) < 4.78 is 14.0. The van der Waals surface area contributed by atoms with Crippen LogP contribution in [0.4, 0.5) is 4.39 Å². The van der Waals surface area contributed by atoms with Gasteiger partial charge in [-0.05, 0) is 64.8 Å². The summed E-state index contributed by atoms with van der Waals surface area (Å²) in [7, 11) is 0. The molecule has 2 aliphatic rings. The van der Waals surface area contributed by atoms with Crippen LogP contribution in [0.1, 0.15) is 43.7 Å². The highest BCUT2D eigenvalue weighted by molar-refractivity contribution is 9.10. The quantitative estimate of drug-likeness (QED) is 0.885. The number of hydrogen-bond acceptors (Lipinski definition) is 2. The molecule has 3 rings (SSSR count). The Morgan fingerprint density at radius 3 is 2.71 bits per heavy atom. The lowest BCUT2D eigenvalue weighted by Gasteiger charge is -2.44. The Hall–Kier alpha value is -0.450. The van der Waals surface area contributed by atoms with Gasteiger partial charge in [0.2, 0.25) is 0 Å². The molecule has 2 N–H and O–H groups in total. The van der Waals surface area contributed by atoms with Gasteiger partial charge in [-0.2, -0.15) is 0 Å². The van der Waals surface area contributed by atoms with Crippen molar-refractivity contribution in [2.45, 2.75) is 38.1 Å². The zero-order valence-corrected chi connectivity index (χ0v) is 14.0. The predicted octanol–water partition coefficient (Wildman–Crippen LogP) is 4.10. The molecule has 3 atom stereocenters. The summed E-state index contributed by atoms with van der Waals surface area (Å²) in [4.78, 5) is 2.52. The molecule has 2 nitrogen and oxygen atoms in total. The first-order valence-electron chi connectivity index (χ1n) is 8.08. The summed E-state index contributed by atoms with van der Waals surface area (Å²) in [6, 6.07) is 5.52. The van der Waals surface area contributed by atoms with E-state index in [0.717, 1.165) is 30.5 Å². The molecule has 116 valence electrons. The van der Waals surface area contributed by atoms with Crippen LogP contribution in [-0.2, 0) is 0 Å². The maximum Gasteiger partial charge on any atom is 0.137 e. The predicted molar refractivity (Wildman–Crippen MR) is 87.5 cm³/mol. The highest BCUT2D eigenvalue weighted by Gasteiger charge is 2.33. The molecule has 1 aromatic rings. The van der Waals surface area contributed by atoms with Crippen molar-refractivity contribution >= 4 is 15.9 Å². The number of likely N-dealkylation sites (tertiary alicyclic amines) is 1. The van der Waals surface area contributed by atoms with Crippen molar-refractivity contribution in [1.29, 1.82) is 0 Å². The summed E-state index contributed by atoms with van der Waals surface area (Å²) in [5.74, 6) is 1.55. The zero-order valence-electron chi connectivity index (χ0n) is 12.4. The zero-order chi connectivity index (χ0) is 14.8. The number of hydrogen-bond donors (Lipinski definition) is 1. The van der Waals surface area contributed by atoms with Crippen molar-refractivity contribution < 1.29 is 4.39 Å². The maximum absolute atomic E-state index is 13.4. The molecule has 1 saturated carbocycles. The van der Waals surface area contributed by atoms with Crippen molar-refractivity contribution in [3.8, 4) is 0 Å². The fraction of sp³-hybridized carbons (Fsp3) is 0.647. The molecule has 0 amide bonds. The summed E-state index contributed by atoms with van der Waals surface area (Å²) >= 11 is 3.29. The minimum Gasteiger partial charge on any atom is -0.329 e. The Morgan fingerprint density at radius 2 is 2.00 bits per heavy atom. The van der Waals surface area contributed by atoms with Gasteiger partial charge >= 0.3 is 0 Å². The van der Waals surface area contributed by atoms with E-state index in [1.165, 1.54) is 38.2 Å². The summed E-state index contributed by atoms with van der Waals surface area (Å²) in [5.41, 5.74) is 7.17. The molecule has 3 unspecified atom stereocenters. The third-order valence-corrected chi connectivity index (χ3v) is 5.92. The van der Waals surface area contributed by atoms with Gasteiger partial charge in [-0.1, -0.05) is 25.3 Å². The third-order valence-electron chi connectivity index (χ3n) is 5.32. The number of halogens is 2. The van der Waals surface area contributed by atoms with E-state index in [0.29, 0.717) is 11.0 Å². The van der Waals surface area contributed by atoms with Gasteiger partial charge < -0.3 is 5.73 Å². The maximum atomic E-state index is 13.4. The van der Waals surface area contributed by atoms with Crippen LogP contribution in [0, 0.1) is 17.7 Å². The van der Waals surface area contributed by atoms with E-state index in [2.05, 4.69) is 20.8 Å². The standard InChI is InChI=1S/C17H24BrFN2/c18-15-9-13(5-6-16(15)19)17(10-20)21-8-7-12-3-1-2-4-14(12)11-21/h5-6,9,12,14,17H,1-4,7-8,10-11,20H2. The van der Waals surface area contributed by atoms with Gasteiger partial charge in [-0.15, -0.1) is 0 Å². The third kappa shape index (κ3) is 3.33. The first-order valence-corrected chi connectivity index (χ1v) is 8.87. The molecular weight excluding hydrogens is 331 g/mol. The van der Waals surface area contributed by atoms with E-state index in [1.54, 1.807) is 0 Å². The summed E-state index contributed by atoms with van der Waals surface area (Å²) in [5, 5.41) is 0. The second kappa shape index (κ2) is 6.76. The number of nitrogens with two attached hydrogens (primary N) is 1. The van der Waals surface area contributed by atoms with Gasteiger partial charge in [0.15, 0.2) is 0 Å². The number of rotatable bonds is 3. The molecule has 0 radical (unpaired) electrons. The molecule has 1 aromatic carbocycles. The van der Waals surface area contributed by atoms with E-state index in [1.807, 2.05) is 12.1 Å². The van der Waals surface area contributed by atoms with Crippen LogP contribution in [0.5, 0.6) is 0 Å². The van der Waals surface area contributed by atoms with Gasteiger partial charge in [0, 0.05) is 19.1 Å². The monoisotopic (exact) mass is 354 g/mol. The Labute approximate surface area is 135 Å². The van der Waals surface area contributed by atoms with Crippen LogP contribution in [-0.4, -0.2) is 24.5 Å². The second-order valence-corrected chi connectivity index (χ2v) is 7.37. The van der Waals surface area contributed by atoms with E-state index >= 15 is 0 Å². The summed E-state index contributed by atoms with van der Waals surface area (Å²) in [6.45, 7) is 2.87. The molecule has 4 heteroatoms. The molecule has 0 bridgehead atoms. The highest BCUT2D eigenvalue weighted by Crippen LogP contribution is 2.38. The smallest absolute Gasteiger partial charge is 0.137 e. The minimum atomic E-state index is -0.208. The van der Waals surface area contributed by atoms with Gasteiger partial charge in [0.1, 0.15) is 5.82 Å². The van der Waals surface area contributed by atoms with E-state index < -0.39 is 0 Å². The molecule has 0 aromatic heterocycles. The van der Waals surface area contributed by atoms with E-state index in [-0.39, 0.29) is 11.9 Å². The van der Waals surface area contributed by atoms with Crippen molar-refractivity contribution in [3.63, 3.8) is 0 Å². The van der Waals surface area contributed by atoms with Crippen LogP contribution in [0.25, 0.3) is 0 Å². The lowest BCUT2D eigenvalue weighted by atomic mass is 9.74. The Bertz CT molecular complexity index is 494. The van der Waals surface area contributed by atoms with Crippen molar-refractivity contribution in [1.82, 2.24) is 4.90 Å². The van der Waals surface area contributed by atoms with Crippen LogP contribution < -0.4 is 5.73 Å². The average molecular weight is 355 g/mol. The second-order valence-electron chi connectivity index (χ2n) is 6.51. The van der Waals surface area contributed by atoms with Gasteiger partial charge in [0.25, 0.3) is 0 Å². The number of fused-ring (bicyclic) bond motifs is 1. The van der Waals surface area contributed by atoms with Crippen LogP contribution >= 0.6 is 15.9 Å². The molecular formula is C17H24BrFN2.